The number of hydrogen-bond acceptors (Lipinski definition) is 5. The van der Waals surface area contributed by atoms with Crippen molar-refractivity contribution in [2.45, 2.75) is 13.3 Å². The second kappa shape index (κ2) is 5.78. The number of nitrogens with zero attached hydrogens (tertiary/aromatic N) is 4. The fraction of sp³-hybridized carbons (Fsp3) is 0.267. The largest absolute Gasteiger partial charge is 0.481 e. The Morgan fingerprint density at radius 2 is 2.05 bits per heavy atom. The van der Waals surface area contributed by atoms with E-state index in [0.29, 0.717) is 5.88 Å². The minimum atomic E-state index is 0.589. The van der Waals surface area contributed by atoms with Crippen LogP contribution in [-0.2, 0) is 0 Å². The summed E-state index contributed by atoms with van der Waals surface area (Å²) in [6.45, 7) is 3.02. The van der Waals surface area contributed by atoms with Crippen molar-refractivity contribution in [2.24, 2.45) is 0 Å². The number of rotatable bonds is 5. The maximum atomic E-state index is 5.08. The Morgan fingerprint density at radius 3 is 2.76 bits per heavy atom. The van der Waals surface area contributed by atoms with E-state index in [0.717, 1.165) is 35.7 Å². The van der Waals surface area contributed by atoms with E-state index >= 15 is 0 Å². The molecule has 0 aliphatic heterocycles. The summed E-state index contributed by atoms with van der Waals surface area (Å²) in [7, 11) is 1.60. The normalized spacial score (nSPS) is 10.8. The summed E-state index contributed by atoms with van der Waals surface area (Å²) in [5.41, 5.74) is 2.66. The number of nitrogens with one attached hydrogen (secondary N) is 1. The van der Waals surface area contributed by atoms with Gasteiger partial charge in [-0.15, -0.1) is 5.10 Å². The van der Waals surface area contributed by atoms with Crippen LogP contribution in [0.4, 0.5) is 5.82 Å². The quantitative estimate of drug-likeness (QED) is 0.779. The molecule has 3 aromatic heterocycles. The maximum absolute atomic E-state index is 5.08. The first kappa shape index (κ1) is 13.4. The number of ether oxygens (including phenoxy) is 1. The highest BCUT2D eigenvalue weighted by Crippen LogP contribution is 2.21. The molecule has 0 unspecified atom stereocenters. The minimum absolute atomic E-state index is 0.589. The first-order valence-electron chi connectivity index (χ1n) is 6.91. The predicted molar refractivity (Wildman–Crippen MR) is 81.6 cm³/mol. The molecule has 0 radical (unpaired) electrons. The third-order valence-electron chi connectivity index (χ3n) is 3.16. The zero-order valence-corrected chi connectivity index (χ0v) is 12.1. The van der Waals surface area contributed by atoms with E-state index in [-0.39, 0.29) is 0 Å². The van der Waals surface area contributed by atoms with Gasteiger partial charge in [0, 0.05) is 24.4 Å². The summed E-state index contributed by atoms with van der Waals surface area (Å²) in [4.78, 5) is 8.60. The third kappa shape index (κ3) is 2.65. The van der Waals surface area contributed by atoms with Crippen molar-refractivity contribution in [2.75, 3.05) is 19.0 Å². The molecule has 0 amide bonds. The number of hydrogen-bond donors (Lipinski definition) is 1. The van der Waals surface area contributed by atoms with Gasteiger partial charge in [0.1, 0.15) is 5.82 Å². The first-order valence-corrected chi connectivity index (χ1v) is 6.91. The molecule has 6 heteroatoms. The van der Waals surface area contributed by atoms with E-state index < -0.39 is 0 Å². The van der Waals surface area contributed by atoms with Crippen LogP contribution in [0.1, 0.15) is 13.3 Å². The van der Waals surface area contributed by atoms with E-state index in [2.05, 4.69) is 27.3 Å². The topological polar surface area (TPSA) is 64.3 Å². The first-order chi connectivity index (χ1) is 10.3. The average molecular weight is 283 g/mol. The molecule has 0 aliphatic rings. The summed E-state index contributed by atoms with van der Waals surface area (Å²) < 4.78 is 6.90. The van der Waals surface area contributed by atoms with Gasteiger partial charge in [-0.05, 0) is 24.6 Å². The fourth-order valence-electron chi connectivity index (χ4n) is 2.07. The van der Waals surface area contributed by atoms with E-state index in [1.807, 2.05) is 28.8 Å². The number of aromatic nitrogens is 4. The van der Waals surface area contributed by atoms with Gasteiger partial charge >= 0.3 is 0 Å². The van der Waals surface area contributed by atoms with Gasteiger partial charge in [-0.25, -0.2) is 14.5 Å². The van der Waals surface area contributed by atoms with Gasteiger partial charge in [-0.1, -0.05) is 6.92 Å². The molecule has 0 aromatic carbocycles. The molecule has 108 valence electrons. The standard InChI is InChI=1S/C15H17N5O/c1-3-8-16-13-5-6-14-17-10-12(20(14)19-13)11-4-7-15(21-2)18-9-11/h4-7,9-10H,3,8H2,1-2H3,(H,16,19). The molecule has 0 saturated carbocycles. The minimum Gasteiger partial charge on any atom is -0.481 e. The number of anilines is 1. The van der Waals surface area contributed by atoms with Crippen LogP contribution in [-0.4, -0.2) is 33.2 Å². The summed E-state index contributed by atoms with van der Waals surface area (Å²) in [6, 6.07) is 7.66. The molecule has 3 aromatic rings. The molecule has 3 rings (SSSR count). The molecule has 0 atom stereocenters. The molecular formula is C15H17N5O. The highest BCUT2D eigenvalue weighted by molar-refractivity contribution is 5.63. The molecular weight excluding hydrogens is 266 g/mol. The van der Waals surface area contributed by atoms with Crippen molar-refractivity contribution in [3.8, 4) is 17.1 Å². The van der Waals surface area contributed by atoms with Gasteiger partial charge in [0.2, 0.25) is 5.88 Å². The van der Waals surface area contributed by atoms with Crippen molar-refractivity contribution < 1.29 is 4.74 Å². The lowest BCUT2D eigenvalue weighted by molar-refractivity contribution is 0.398. The number of fused-ring (bicyclic) bond motifs is 1. The molecule has 1 N–H and O–H groups in total. The van der Waals surface area contributed by atoms with Gasteiger partial charge < -0.3 is 10.1 Å². The predicted octanol–water partition coefficient (Wildman–Crippen LogP) is 2.62. The summed E-state index contributed by atoms with van der Waals surface area (Å²) in [5.74, 6) is 1.43. The van der Waals surface area contributed by atoms with Gasteiger partial charge in [0.15, 0.2) is 5.65 Å². The lowest BCUT2D eigenvalue weighted by Crippen LogP contribution is -2.05. The molecule has 0 saturated heterocycles. The molecule has 0 bridgehead atoms. The number of methoxy groups -OCH3 is 1. The van der Waals surface area contributed by atoms with Crippen LogP contribution in [0.3, 0.4) is 0 Å². The lowest BCUT2D eigenvalue weighted by atomic mass is 10.2. The summed E-state index contributed by atoms with van der Waals surface area (Å²) in [5, 5.41) is 7.85. The van der Waals surface area contributed by atoms with E-state index in [1.54, 1.807) is 19.5 Å². The molecule has 0 aliphatic carbocycles. The van der Waals surface area contributed by atoms with Crippen molar-refractivity contribution in [3.63, 3.8) is 0 Å². The van der Waals surface area contributed by atoms with Gasteiger partial charge in [0.05, 0.1) is 19.0 Å². The lowest BCUT2D eigenvalue weighted by Gasteiger charge is -2.06. The summed E-state index contributed by atoms with van der Waals surface area (Å²) >= 11 is 0. The Hall–Kier alpha value is -2.63. The third-order valence-corrected chi connectivity index (χ3v) is 3.16. The maximum Gasteiger partial charge on any atom is 0.212 e. The number of imidazole rings is 1. The van der Waals surface area contributed by atoms with Crippen LogP contribution in [0.5, 0.6) is 5.88 Å². The van der Waals surface area contributed by atoms with Crippen molar-refractivity contribution >= 4 is 11.5 Å². The van der Waals surface area contributed by atoms with Crippen molar-refractivity contribution in [1.82, 2.24) is 19.6 Å². The second-order valence-corrected chi connectivity index (χ2v) is 4.65. The van der Waals surface area contributed by atoms with Crippen LogP contribution < -0.4 is 10.1 Å². The molecule has 21 heavy (non-hydrogen) atoms. The molecule has 3 heterocycles. The fourth-order valence-corrected chi connectivity index (χ4v) is 2.07. The zero-order valence-electron chi connectivity index (χ0n) is 12.1. The Morgan fingerprint density at radius 1 is 1.14 bits per heavy atom. The van der Waals surface area contributed by atoms with Crippen LogP contribution in [0, 0.1) is 0 Å². The summed E-state index contributed by atoms with van der Waals surface area (Å²) in [6.07, 6.45) is 4.62. The smallest absolute Gasteiger partial charge is 0.212 e. The monoisotopic (exact) mass is 283 g/mol. The Bertz CT molecular complexity index is 735. The van der Waals surface area contributed by atoms with Crippen LogP contribution in [0.2, 0.25) is 0 Å². The second-order valence-electron chi connectivity index (χ2n) is 4.65. The highest BCUT2D eigenvalue weighted by Gasteiger charge is 2.08. The van der Waals surface area contributed by atoms with Gasteiger partial charge in [-0.3, -0.25) is 0 Å². The van der Waals surface area contributed by atoms with Gasteiger partial charge in [0.25, 0.3) is 0 Å². The molecule has 0 spiro atoms. The van der Waals surface area contributed by atoms with Crippen LogP contribution in [0.15, 0.2) is 36.7 Å². The van der Waals surface area contributed by atoms with E-state index in [1.165, 1.54) is 0 Å². The Kier molecular flexibility index (Phi) is 3.68. The van der Waals surface area contributed by atoms with Crippen LogP contribution >= 0.6 is 0 Å². The SMILES string of the molecule is CCCNc1ccc2ncc(-c3ccc(OC)nc3)n2n1. The zero-order chi connectivity index (χ0) is 14.7. The van der Waals surface area contributed by atoms with Crippen LogP contribution in [0.25, 0.3) is 16.9 Å². The highest BCUT2D eigenvalue weighted by atomic mass is 16.5. The molecule has 6 nitrogen and oxygen atoms in total. The molecule has 0 fully saturated rings. The van der Waals surface area contributed by atoms with E-state index in [4.69, 9.17) is 4.74 Å². The number of pyridine rings is 1. The van der Waals surface area contributed by atoms with Gasteiger partial charge in [-0.2, -0.15) is 0 Å². The van der Waals surface area contributed by atoms with E-state index in [9.17, 15) is 0 Å². The Balaban J connectivity index is 2.00. The average Bonchev–Trinajstić information content (AvgIpc) is 2.96. The Labute approximate surface area is 122 Å². The van der Waals surface area contributed by atoms with Crippen molar-refractivity contribution in [1.29, 1.82) is 0 Å². The van der Waals surface area contributed by atoms with Crippen molar-refractivity contribution in [3.05, 3.63) is 36.7 Å².